The zero-order valence-corrected chi connectivity index (χ0v) is 17.4. The number of nitrogens with zero attached hydrogens (tertiary/aromatic N) is 2. The van der Waals surface area contributed by atoms with Gasteiger partial charge in [0.1, 0.15) is 5.75 Å². The molecule has 1 aromatic heterocycles. The molecule has 0 unspecified atom stereocenters. The average Bonchev–Trinajstić information content (AvgIpc) is 2.77. The molecule has 1 heterocycles. The molecular formula is C22H24N4O4. The van der Waals surface area contributed by atoms with Gasteiger partial charge in [0.05, 0.1) is 32.6 Å². The van der Waals surface area contributed by atoms with Crippen LogP contribution in [0.4, 0.5) is 11.6 Å². The van der Waals surface area contributed by atoms with Crippen molar-refractivity contribution in [2.45, 2.75) is 13.5 Å². The Balaban J connectivity index is 1.69. The monoisotopic (exact) mass is 408 g/mol. The fourth-order valence-corrected chi connectivity index (χ4v) is 2.91. The summed E-state index contributed by atoms with van der Waals surface area (Å²) in [5.41, 5.74) is 2.50. The maximum atomic E-state index is 12.7. The predicted molar refractivity (Wildman–Crippen MR) is 115 cm³/mol. The van der Waals surface area contributed by atoms with E-state index in [1.54, 1.807) is 39.3 Å². The molecule has 30 heavy (non-hydrogen) atoms. The number of para-hydroxylation sites is 1. The van der Waals surface area contributed by atoms with E-state index in [1.807, 2.05) is 24.3 Å². The van der Waals surface area contributed by atoms with Crippen molar-refractivity contribution in [2.75, 3.05) is 32.0 Å². The van der Waals surface area contributed by atoms with Gasteiger partial charge in [0.25, 0.3) is 5.91 Å². The number of aryl methyl sites for hydroxylation is 1. The molecule has 156 valence electrons. The van der Waals surface area contributed by atoms with E-state index < -0.39 is 0 Å². The summed E-state index contributed by atoms with van der Waals surface area (Å²) in [5.74, 6) is 2.02. The van der Waals surface area contributed by atoms with Crippen LogP contribution in [0.1, 0.15) is 21.6 Å². The summed E-state index contributed by atoms with van der Waals surface area (Å²) >= 11 is 0. The first-order valence-electron chi connectivity index (χ1n) is 9.28. The highest BCUT2D eigenvalue weighted by Gasteiger charge is 2.14. The SMILES string of the molecule is COc1ccccc1CNc1ncc(C(=O)Nc2ccc(OC)c(OC)c2)c(C)n1. The molecule has 0 bridgehead atoms. The average molecular weight is 408 g/mol. The Morgan fingerprint density at radius 2 is 1.70 bits per heavy atom. The molecule has 3 aromatic rings. The molecule has 0 aliphatic rings. The van der Waals surface area contributed by atoms with E-state index in [-0.39, 0.29) is 5.91 Å². The number of rotatable bonds is 8. The molecular weight excluding hydrogens is 384 g/mol. The third-order valence-electron chi connectivity index (χ3n) is 4.49. The number of ether oxygens (including phenoxy) is 3. The van der Waals surface area contributed by atoms with Gasteiger partial charge in [-0.2, -0.15) is 0 Å². The van der Waals surface area contributed by atoms with Gasteiger partial charge in [-0.15, -0.1) is 0 Å². The van der Waals surface area contributed by atoms with Gasteiger partial charge in [-0.3, -0.25) is 4.79 Å². The second-order valence-corrected chi connectivity index (χ2v) is 6.38. The number of benzene rings is 2. The van der Waals surface area contributed by atoms with Crippen LogP contribution < -0.4 is 24.8 Å². The number of methoxy groups -OCH3 is 3. The van der Waals surface area contributed by atoms with Crippen LogP contribution in [0.15, 0.2) is 48.7 Å². The number of carbonyl (C=O) groups excluding carboxylic acids is 1. The van der Waals surface area contributed by atoms with E-state index in [4.69, 9.17) is 14.2 Å². The predicted octanol–water partition coefficient (Wildman–Crippen LogP) is 3.68. The maximum absolute atomic E-state index is 12.7. The van der Waals surface area contributed by atoms with Gasteiger partial charge in [-0.1, -0.05) is 18.2 Å². The Kier molecular flexibility index (Phi) is 6.69. The summed E-state index contributed by atoms with van der Waals surface area (Å²) < 4.78 is 15.8. The maximum Gasteiger partial charge on any atom is 0.259 e. The van der Waals surface area contributed by atoms with Gasteiger partial charge in [-0.05, 0) is 25.1 Å². The Morgan fingerprint density at radius 1 is 0.967 bits per heavy atom. The van der Waals surface area contributed by atoms with Gasteiger partial charge in [-0.25, -0.2) is 9.97 Å². The lowest BCUT2D eigenvalue weighted by atomic mass is 10.2. The fraction of sp³-hybridized carbons (Fsp3) is 0.227. The molecule has 0 radical (unpaired) electrons. The van der Waals surface area contributed by atoms with E-state index in [0.717, 1.165) is 11.3 Å². The van der Waals surface area contributed by atoms with Gasteiger partial charge < -0.3 is 24.8 Å². The lowest BCUT2D eigenvalue weighted by Crippen LogP contribution is -2.16. The quantitative estimate of drug-likeness (QED) is 0.587. The van der Waals surface area contributed by atoms with Crippen LogP contribution >= 0.6 is 0 Å². The number of amides is 1. The molecule has 0 fully saturated rings. The van der Waals surface area contributed by atoms with E-state index in [9.17, 15) is 4.79 Å². The second-order valence-electron chi connectivity index (χ2n) is 6.38. The van der Waals surface area contributed by atoms with Gasteiger partial charge in [0.2, 0.25) is 5.95 Å². The molecule has 1 amide bonds. The van der Waals surface area contributed by atoms with E-state index in [0.29, 0.717) is 40.9 Å². The number of nitrogens with one attached hydrogen (secondary N) is 2. The van der Waals surface area contributed by atoms with Crippen LogP contribution in [0.5, 0.6) is 17.2 Å². The normalized spacial score (nSPS) is 10.3. The number of anilines is 2. The van der Waals surface area contributed by atoms with Gasteiger partial charge in [0.15, 0.2) is 11.5 Å². The summed E-state index contributed by atoms with van der Waals surface area (Å²) in [6.07, 6.45) is 1.50. The Morgan fingerprint density at radius 3 is 2.40 bits per heavy atom. The highest BCUT2D eigenvalue weighted by Crippen LogP contribution is 2.30. The molecule has 0 atom stereocenters. The molecule has 8 heteroatoms. The summed E-state index contributed by atoms with van der Waals surface area (Å²) in [5, 5.41) is 5.98. The summed E-state index contributed by atoms with van der Waals surface area (Å²) in [6.45, 7) is 2.26. The van der Waals surface area contributed by atoms with Crippen molar-refractivity contribution in [2.24, 2.45) is 0 Å². The van der Waals surface area contributed by atoms with Gasteiger partial charge >= 0.3 is 0 Å². The highest BCUT2D eigenvalue weighted by molar-refractivity contribution is 6.05. The van der Waals surface area contributed by atoms with Crippen molar-refractivity contribution in [3.05, 3.63) is 65.5 Å². The van der Waals surface area contributed by atoms with E-state index >= 15 is 0 Å². The minimum absolute atomic E-state index is 0.309. The number of carbonyl (C=O) groups is 1. The third-order valence-corrected chi connectivity index (χ3v) is 4.49. The van der Waals surface area contributed by atoms with Crippen molar-refractivity contribution in [1.29, 1.82) is 0 Å². The van der Waals surface area contributed by atoms with E-state index in [2.05, 4.69) is 20.6 Å². The molecule has 8 nitrogen and oxygen atoms in total. The zero-order chi connectivity index (χ0) is 21.5. The van der Waals surface area contributed by atoms with Crippen LogP contribution in [-0.4, -0.2) is 37.2 Å². The lowest BCUT2D eigenvalue weighted by Gasteiger charge is -2.12. The largest absolute Gasteiger partial charge is 0.496 e. The van der Waals surface area contributed by atoms with Crippen molar-refractivity contribution < 1.29 is 19.0 Å². The molecule has 0 aliphatic carbocycles. The Bertz CT molecular complexity index is 1040. The molecule has 2 aromatic carbocycles. The minimum atomic E-state index is -0.309. The molecule has 0 aliphatic heterocycles. The van der Waals surface area contributed by atoms with Crippen LogP contribution in [0.25, 0.3) is 0 Å². The first kappa shape index (κ1) is 20.9. The van der Waals surface area contributed by atoms with Crippen molar-refractivity contribution in [3.63, 3.8) is 0 Å². The molecule has 3 rings (SSSR count). The summed E-state index contributed by atoms with van der Waals surface area (Å²) in [6, 6.07) is 12.9. The first-order chi connectivity index (χ1) is 14.5. The minimum Gasteiger partial charge on any atom is -0.496 e. The van der Waals surface area contributed by atoms with Crippen molar-refractivity contribution >= 4 is 17.5 Å². The third kappa shape index (κ3) is 4.78. The van der Waals surface area contributed by atoms with Crippen molar-refractivity contribution in [1.82, 2.24) is 9.97 Å². The summed E-state index contributed by atoms with van der Waals surface area (Å²) in [7, 11) is 4.73. The van der Waals surface area contributed by atoms with Crippen LogP contribution in [0.2, 0.25) is 0 Å². The number of hydrogen-bond donors (Lipinski definition) is 2. The number of hydrogen-bond acceptors (Lipinski definition) is 7. The standard InChI is InChI=1S/C22H24N4O4/c1-14-17(21(27)26-16-9-10-19(29-3)20(11-16)30-4)13-24-22(25-14)23-12-15-7-5-6-8-18(15)28-2/h5-11,13H,12H2,1-4H3,(H,26,27)(H,23,24,25). The molecule has 2 N–H and O–H groups in total. The highest BCUT2D eigenvalue weighted by atomic mass is 16.5. The Labute approximate surface area is 175 Å². The van der Waals surface area contributed by atoms with Crippen molar-refractivity contribution in [3.8, 4) is 17.2 Å². The number of aromatic nitrogens is 2. The smallest absolute Gasteiger partial charge is 0.259 e. The molecule has 0 saturated heterocycles. The summed E-state index contributed by atoms with van der Waals surface area (Å²) in [4.78, 5) is 21.3. The van der Waals surface area contributed by atoms with E-state index in [1.165, 1.54) is 13.3 Å². The van der Waals surface area contributed by atoms with Gasteiger partial charge in [0, 0.05) is 30.1 Å². The fourth-order valence-electron chi connectivity index (χ4n) is 2.91. The lowest BCUT2D eigenvalue weighted by molar-refractivity contribution is 0.102. The first-order valence-corrected chi connectivity index (χ1v) is 9.28. The zero-order valence-electron chi connectivity index (χ0n) is 17.4. The molecule has 0 saturated carbocycles. The topological polar surface area (TPSA) is 94.6 Å². The van der Waals surface area contributed by atoms with Crippen LogP contribution in [0.3, 0.4) is 0 Å². The molecule has 0 spiro atoms. The second kappa shape index (κ2) is 9.60. The van der Waals surface area contributed by atoms with Crippen LogP contribution in [-0.2, 0) is 6.54 Å². The Hall–Kier alpha value is -3.81. The van der Waals surface area contributed by atoms with Crippen LogP contribution in [0, 0.1) is 6.92 Å².